The van der Waals surface area contributed by atoms with Gasteiger partial charge in [0.15, 0.2) is 0 Å². The second kappa shape index (κ2) is 7.61. The molecule has 0 unspecified atom stereocenters. The number of benzene rings is 1. The lowest BCUT2D eigenvalue weighted by atomic mass is 10.3. The van der Waals surface area contributed by atoms with Gasteiger partial charge in [-0.25, -0.2) is 0 Å². The summed E-state index contributed by atoms with van der Waals surface area (Å²) in [6, 6.07) is 10.6. The molecule has 0 spiro atoms. The molecular weight excluding hydrogens is 268 g/mol. The Kier molecular flexibility index (Phi) is 6.78. The zero-order valence-electron chi connectivity index (χ0n) is 13.3. The van der Waals surface area contributed by atoms with Gasteiger partial charge in [0.05, 0.1) is 5.69 Å². The molecule has 0 saturated heterocycles. The first-order chi connectivity index (χ1) is 8.98. The third kappa shape index (κ3) is 3.71. The maximum atomic E-state index is 5.37. The predicted octanol–water partition coefficient (Wildman–Crippen LogP) is 6.77. The van der Waals surface area contributed by atoms with E-state index in [2.05, 4.69) is 71.9 Å². The number of nitrogens with zero attached hydrogens (tertiary/aromatic N) is 1. The van der Waals surface area contributed by atoms with Crippen LogP contribution in [0.5, 0.6) is 0 Å². The highest BCUT2D eigenvalue weighted by atomic mass is 32.1. The summed E-state index contributed by atoms with van der Waals surface area (Å²) < 4.78 is 5.37. The molecule has 0 N–H and O–H groups in total. The Morgan fingerprint density at radius 1 is 0.947 bits per heavy atom. The normalized spacial score (nSPS) is 12.5. The van der Waals surface area contributed by atoms with Crippen LogP contribution < -0.4 is 0 Å². The third-order valence-electron chi connectivity index (χ3n) is 3.74. The molecule has 0 aliphatic heterocycles. The standard InChI is InChI=1S/C16H29NP2/c1-7-18(8-2)19(14(3)4,15(5)6)17-16-12-10-9-11-13-16/h9-15H,7-8H2,1-6H3. The van der Waals surface area contributed by atoms with E-state index in [1.54, 1.807) is 0 Å². The molecular formula is C16H29NP2. The van der Waals surface area contributed by atoms with Crippen molar-refractivity contribution in [3.8, 4) is 0 Å². The lowest BCUT2D eigenvalue weighted by molar-refractivity contribution is 1.01. The van der Waals surface area contributed by atoms with Gasteiger partial charge in [-0.15, -0.1) is 0 Å². The fourth-order valence-corrected chi connectivity index (χ4v) is 15.2. The Hall–Kier alpha value is -0.120. The van der Waals surface area contributed by atoms with Crippen molar-refractivity contribution in [3.63, 3.8) is 0 Å². The summed E-state index contributed by atoms with van der Waals surface area (Å²) in [7, 11) is 0.0379. The first kappa shape index (κ1) is 16.9. The summed E-state index contributed by atoms with van der Waals surface area (Å²) >= 11 is 0. The van der Waals surface area contributed by atoms with Crippen LogP contribution in [0.3, 0.4) is 0 Å². The van der Waals surface area contributed by atoms with Gasteiger partial charge in [0, 0.05) is 6.74 Å². The molecule has 0 saturated carbocycles. The Labute approximate surface area is 120 Å². The van der Waals surface area contributed by atoms with Crippen molar-refractivity contribution in [3.05, 3.63) is 30.3 Å². The summed E-state index contributed by atoms with van der Waals surface area (Å²) in [6.07, 6.45) is 2.62. The average Bonchev–Trinajstić information content (AvgIpc) is 2.39. The van der Waals surface area contributed by atoms with Crippen molar-refractivity contribution < 1.29 is 0 Å². The summed E-state index contributed by atoms with van der Waals surface area (Å²) in [4.78, 5) is 0. The lowest BCUT2D eigenvalue weighted by Gasteiger charge is -2.39. The van der Waals surface area contributed by atoms with E-state index in [1.165, 1.54) is 18.0 Å². The van der Waals surface area contributed by atoms with Crippen LogP contribution in [0.2, 0.25) is 0 Å². The summed E-state index contributed by atoms with van der Waals surface area (Å²) in [5.41, 5.74) is 2.57. The van der Waals surface area contributed by atoms with Gasteiger partial charge in [0.1, 0.15) is 0 Å². The molecule has 0 amide bonds. The van der Waals surface area contributed by atoms with Crippen molar-refractivity contribution in [2.45, 2.75) is 52.9 Å². The van der Waals surface area contributed by atoms with Crippen LogP contribution in [0.15, 0.2) is 35.1 Å². The van der Waals surface area contributed by atoms with Crippen molar-refractivity contribution in [1.82, 2.24) is 0 Å². The quantitative estimate of drug-likeness (QED) is 0.513. The van der Waals surface area contributed by atoms with Gasteiger partial charge in [-0.1, -0.05) is 67.4 Å². The molecule has 0 aliphatic carbocycles. The highest BCUT2D eigenvalue weighted by Gasteiger charge is 2.34. The van der Waals surface area contributed by atoms with Crippen LogP contribution in [0, 0.1) is 0 Å². The fraction of sp³-hybridized carbons (Fsp3) is 0.625. The van der Waals surface area contributed by atoms with E-state index in [9.17, 15) is 0 Å². The van der Waals surface area contributed by atoms with Gasteiger partial charge in [-0.05, 0) is 35.8 Å². The number of rotatable bonds is 6. The summed E-state index contributed by atoms with van der Waals surface area (Å²) in [5.74, 6) is 0. The Morgan fingerprint density at radius 3 is 1.79 bits per heavy atom. The smallest absolute Gasteiger partial charge is 0.0617 e. The molecule has 19 heavy (non-hydrogen) atoms. The first-order valence-corrected chi connectivity index (χ1v) is 11.7. The molecule has 0 bridgehead atoms. The van der Waals surface area contributed by atoms with E-state index in [4.69, 9.17) is 4.74 Å². The SMILES string of the molecule is CCP(CC)P(=Nc1ccccc1)(C(C)C)C(C)C. The molecule has 1 aromatic rings. The van der Waals surface area contributed by atoms with Crippen molar-refractivity contribution in [1.29, 1.82) is 0 Å². The van der Waals surface area contributed by atoms with Crippen molar-refractivity contribution >= 4 is 20.0 Å². The zero-order chi connectivity index (χ0) is 14.5. The summed E-state index contributed by atoms with van der Waals surface area (Å²) in [6.45, 7) is 13.0. The van der Waals surface area contributed by atoms with Crippen LogP contribution in [0.25, 0.3) is 0 Å². The molecule has 0 aromatic heterocycles. The van der Waals surface area contributed by atoms with E-state index >= 15 is 0 Å². The van der Waals surface area contributed by atoms with Gasteiger partial charge in [-0.2, -0.15) is 0 Å². The van der Waals surface area contributed by atoms with Crippen LogP contribution in [-0.2, 0) is 0 Å². The van der Waals surface area contributed by atoms with E-state index in [0.29, 0.717) is 11.3 Å². The van der Waals surface area contributed by atoms with E-state index < -0.39 is 6.74 Å². The molecule has 1 aromatic carbocycles. The monoisotopic (exact) mass is 297 g/mol. The predicted molar refractivity (Wildman–Crippen MR) is 93.7 cm³/mol. The van der Waals surface area contributed by atoms with E-state index in [-0.39, 0.29) is 7.61 Å². The molecule has 0 radical (unpaired) electrons. The van der Waals surface area contributed by atoms with Crippen molar-refractivity contribution in [2.24, 2.45) is 4.74 Å². The third-order valence-corrected chi connectivity index (χ3v) is 17.1. The second-order valence-electron chi connectivity index (χ2n) is 5.46. The van der Waals surface area contributed by atoms with Gasteiger partial charge >= 0.3 is 0 Å². The van der Waals surface area contributed by atoms with Gasteiger partial charge in [0.2, 0.25) is 0 Å². The minimum Gasteiger partial charge on any atom is -0.263 e. The van der Waals surface area contributed by atoms with E-state index in [1.807, 2.05) is 0 Å². The Bertz CT molecular complexity index is 408. The summed E-state index contributed by atoms with van der Waals surface area (Å²) in [5, 5.41) is 0. The van der Waals surface area contributed by atoms with Gasteiger partial charge < -0.3 is 0 Å². The molecule has 1 rings (SSSR count). The molecule has 0 heterocycles. The van der Waals surface area contributed by atoms with Crippen molar-refractivity contribution in [2.75, 3.05) is 12.3 Å². The molecule has 0 atom stereocenters. The molecule has 0 aliphatic rings. The maximum absolute atomic E-state index is 5.37. The first-order valence-electron chi connectivity index (χ1n) is 7.41. The second-order valence-corrected chi connectivity index (χ2v) is 15.0. The fourth-order valence-electron chi connectivity index (χ4n) is 2.90. The topological polar surface area (TPSA) is 12.4 Å². The van der Waals surface area contributed by atoms with E-state index in [0.717, 1.165) is 0 Å². The maximum Gasteiger partial charge on any atom is 0.0617 e. The minimum atomic E-state index is -1.28. The largest absolute Gasteiger partial charge is 0.263 e. The lowest BCUT2D eigenvalue weighted by Crippen LogP contribution is -2.09. The molecule has 3 heteroatoms. The van der Waals surface area contributed by atoms with Crippen LogP contribution in [-0.4, -0.2) is 23.6 Å². The zero-order valence-corrected chi connectivity index (χ0v) is 15.1. The average molecular weight is 297 g/mol. The number of hydrogen-bond acceptors (Lipinski definition) is 1. The minimum absolute atomic E-state index is 0.0379. The highest BCUT2D eigenvalue weighted by molar-refractivity contribution is 8.34. The Morgan fingerprint density at radius 2 is 1.42 bits per heavy atom. The van der Waals surface area contributed by atoms with Crippen LogP contribution >= 0.6 is 14.4 Å². The van der Waals surface area contributed by atoms with Gasteiger partial charge in [-0.3, -0.25) is 4.74 Å². The van der Waals surface area contributed by atoms with Gasteiger partial charge in [0.25, 0.3) is 0 Å². The molecule has 1 nitrogen and oxygen atoms in total. The molecule has 108 valence electrons. The van der Waals surface area contributed by atoms with Crippen LogP contribution in [0.4, 0.5) is 5.69 Å². The highest BCUT2D eigenvalue weighted by Crippen LogP contribution is 2.82. The van der Waals surface area contributed by atoms with Crippen LogP contribution in [0.1, 0.15) is 41.5 Å². The molecule has 0 fully saturated rings. The number of hydrogen-bond donors (Lipinski definition) is 0. The Balaban J connectivity index is 3.44.